The van der Waals surface area contributed by atoms with Crippen LogP contribution in [0.3, 0.4) is 0 Å². The van der Waals surface area contributed by atoms with Crippen molar-refractivity contribution in [3.05, 3.63) is 23.8 Å². The molecule has 0 bridgehead atoms. The molecule has 2 aromatic carbocycles. The van der Waals surface area contributed by atoms with Crippen molar-refractivity contribution in [3.63, 3.8) is 0 Å². The van der Waals surface area contributed by atoms with Gasteiger partial charge >= 0.3 is 0 Å². The molecule has 0 amide bonds. The molecule has 0 aliphatic carbocycles. The van der Waals surface area contributed by atoms with Gasteiger partial charge in [-0.1, -0.05) is 0 Å². The fourth-order valence-electron chi connectivity index (χ4n) is 2.41. The van der Waals surface area contributed by atoms with Gasteiger partial charge in [-0.3, -0.25) is 4.79 Å². The Labute approximate surface area is 123 Å². The molecule has 0 aliphatic rings. The Morgan fingerprint density at radius 3 is 1.76 bits per heavy atom. The first kappa shape index (κ1) is 15.0. The molecule has 2 aromatic rings. The van der Waals surface area contributed by atoms with Crippen molar-refractivity contribution in [2.45, 2.75) is 6.92 Å². The average Bonchev–Trinajstić information content (AvgIpc) is 2.51. The van der Waals surface area contributed by atoms with Crippen LogP contribution in [0.2, 0.25) is 0 Å². The highest BCUT2D eigenvalue weighted by Crippen LogP contribution is 2.46. The van der Waals surface area contributed by atoms with E-state index in [9.17, 15) is 4.79 Å². The zero-order chi connectivity index (χ0) is 15.6. The molecule has 0 atom stereocenters. The molecule has 0 spiro atoms. The minimum Gasteiger partial charge on any atom is -0.496 e. The number of ether oxygens (including phenoxy) is 4. The van der Waals surface area contributed by atoms with E-state index in [0.29, 0.717) is 39.3 Å². The lowest BCUT2D eigenvalue weighted by atomic mass is 10.00. The summed E-state index contributed by atoms with van der Waals surface area (Å²) in [6.07, 6.45) is 0. The molecule has 0 N–H and O–H groups in total. The Morgan fingerprint density at radius 2 is 1.33 bits per heavy atom. The zero-order valence-corrected chi connectivity index (χ0v) is 12.8. The number of carbonyl (C=O) groups excluding carboxylic acids is 1. The lowest BCUT2D eigenvalue weighted by molar-refractivity contribution is 0.101. The first-order valence-corrected chi connectivity index (χ1v) is 6.39. The maximum atomic E-state index is 11.9. The molecule has 0 heterocycles. The Balaban J connectivity index is 3.05. The van der Waals surface area contributed by atoms with Gasteiger partial charge < -0.3 is 18.9 Å². The highest BCUT2D eigenvalue weighted by Gasteiger charge is 2.22. The molecule has 0 unspecified atom stereocenters. The van der Waals surface area contributed by atoms with E-state index >= 15 is 0 Å². The topological polar surface area (TPSA) is 54.0 Å². The number of carbonyl (C=O) groups is 1. The van der Waals surface area contributed by atoms with Crippen molar-refractivity contribution in [2.75, 3.05) is 28.4 Å². The summed E-state index contributed by atoms with van der Waals surface area (Å²) in [5.41, 5.74) is 0.438. The van der Waals surface area contributed by atoms with Crippen LogP contribution in [0.1, 0.15) is 17.3 Å². The molecular formula is C16H18O5. The summed E-state index contributed by atoms with van der Waals surface area (Å²) in [7, 11) is 6.20. The molecule has 5 heteroatoms. The Morgan fingerprint density at radius 1 is 0.810 bits per heavy atom. The van der Waals surface area contributed by atoms with E-state index in [2.05, 4.69) is 0 Å². The first-order chi connectivity index (χ1) is 10.1. The van der Waals surface area contributed by atoms with Crippen LogP contribution in [0.25, 0.3) is 10.8 Å². The molecule has 2 rings (SSSR count). The quantitative estimate of drug-likeness (QED) is 0.792. The predicted octanol–water partition coefficient (Wildman–Crippen LogP) is 3.08. The van der Waals surface area contributed by atoms with Crippen molar-refractivity contribution in [3.8, 4) is 23.0 Å². The number of ketones is 1. The number of hydrogen-bond acceptors (Lipinski definition) is 5. The Bertz CT molecular complexity index is 691. The van der Waals surface area contributed by atoms with Crippen molar-refractivity contribution in [1.29, 1.82) is 0 Å². The van der Waals surface area contributed by atoms with Crippen LogP contribution in [-0.4, -0.2) is 34.2 Å². The molecule has 0 saturated heterocycles. The van der Waals surface area contributed by atoms with Gasteiger partial charge in [-0.05, 0) is 25.1 Å². The standard InChI is InChI=1S/C16H18O5/c1-9(17)10-8-13(20-4)14-11(18-2)6-7-12(19-3)15(14)16(10)21-5/h6-8H,1-5H3. The SMILES string of the molecule is COc1ccc(OC)c2c(OC)c(C(C)=O)cc(OC)c12. The smallest absolute Gasteiger partial charge is 0.163 e. The summed E-state index contributed by atoms with van der Waals surface area (Å²) >= 11 is 0. The van der Waals surface area contributed by atoms with E-state index in [1.165, 1.54) is 14.0 Å². The molecule has 112 valence electrons. The number of Topliss-reactive ketones (excluding diaryl/α,β-unsaturated/α-hetero) is 1. The van der Waals surface area contributed by atoms with Crippen LogP contribution in [0, 0.1) is 0 Å². The second-order valence-corrected chi connectivity index (χ2v) is 4.44. The maximum Gasteiger partial charge on any atom is 0.163 e. The minimum atomic E-state index is -0.114. The van der Waals surface area contributed by atoms with Gasteiger partial charge in [-0.2, -0.15) is 0 Å². The van der Waals surface area contributed by atoms with E-state index < -0.39 is 0 Å². The normalized spacial score (nSPS) is 10.3. The Hall–Kier alpha value is -2.43. The van der Waals surface area contributed by atoms with Crippen LogP contribution in [0.4, 0.5) is 0 Å². The van der Waals surface area contributed by atoms with Crippen molar-refractivity contribution in [1.82, 2.24) is 0 Å². The minimum absolute atomic E-state index is 0.114. The third kappa shape index (κ3) is 2.35. The number of methoxy groups -OCH3 is 4. The van der Waals surface area contributed by atoms with Gasteiger partial charge in [-0.15, -0.1) is 0 Å². The molecule has 0 fully saturated rings. The molecular weight excluding hydrogens is 272 g/mol. The third-order valence-corrected chi connectivity index (χ3v) is 3.37. The third-order valence-electron chi connectivity index (χ3n) is 3.37. The van der Waals surface area contributed by atoms with Gasteiger partial charge in [0, 0.05) is 0 Å². The predicted molar refractivity (Wildman–Crippen MR) is 80.2 cm³/mol. The Kier molecular flexibility index (Phi) is 4.21. The average molecular weight is 290 g/mol. The second kappa shape index (κ2) is 5.91. The molecule has 5 nitrogen and oxygen atoms in total. The van der Waals surface area contributed by atoms with Crippen molar-refractivity contribution in [2.24, 2.45) is 0 Å². The summed E-state index contributed by atoms with van der Waals surface area (Å²) in [6.45, 7) is 1.48. The number of rotatable bonds is 5. The largest absolute Gasteiger partial charge is 0.496 e. The van der Waals surface area contributed by atoms with Crippen LogP contribution >= 0.6 is 0 Å². The highest BCUT2D eigenvalue weighted by molar-refractivity contribution is 6.10. The number of benzene rings is 2. The fourth-order valence-corrected chi connectivity index (χ4v) is 2.41. The summed E-state index contributed by atoms with van der Waals surface area (Å²) in [6, 6.07) is 5.22. The van der Waals surface area contributed by atoms with Gasteiger partial charge in [0.25, 0.3) is 0 Å². The molecule has 0 saturated carbocycles. The highest BCUT2D eigenvalue weighted by atomic mass is 16.5. The lowest BCUT2D eigenvalue weighted by Gasteiger charge is -2.18. The van der Waals surface area contributed by atoms with Crippen LogP contribution in [-0.2, 0) is 0 Å². The monoisotopic (exact) mass is 290 g/mol. The van der Waals surface area contributed by atoms with Crippen LogP contribution in [0.15, 0.2) is 18.2 Å². The second-order valence-electron chi connectivity index (χ2n) is 4.44. The van der Waals surface area contributed by atoms with Crippen molar-refractivity contribution >= 4 is 16.6 Å². The van der Waals surface area contributed by atoms with E-state index in [1.54, 1.807) is 39.5 Å². The molecule has 21 heavy (non-hydrogen) atoms. The number of hydrogen-bond donors (Lipinski definition) is 0. The van der Waals surface area contributed by atoms with Gasteiger partial charge in [0.05, 0.1) is 44.8 Å². The zero-order valence-electron chi connectivity index (χ0n) is 12.8. The maximum absolute atomic E-state index is 11.9. The molecule has 0 aromatic heterocycles. The number of fused-ring (bicyclic) bond motifs is 1. The molecule has 0 aliphatic heterocycles. The molecule has 0 radical (unpaired) electrons. The fraction of sp³-hybridized carbons (Fsp3) is 0.312. The van der Waals surface area contributed by atoms with Gasteiger partial charge in [0.15, 0.2) is 5.78 Å². The lowest BCUT2D eigenvalue weighted by Crippen LogP contribution is -2.02. The van der Waals surface area contributed by atoms with E-state index in [0.717, 1.165) is 0 Å². The van der Waals surface area contributed by atoms with Crippen LogP contribution < -0.4 is 18.9 Å². The first-order valence-electron chi connectivity index (χ1n) is 6.39. The van der Waals surface area contributed by atoms with E-state index in [4.69, 9.17) is 18.9 Å². The van der Waals surface area contributed by atoms with Gasteiger partial charge in [-0.25, -0.2) is 0 Å². The summed E-state index contributed by atoms with van der Waals surface area (Å²) in [5, 5.41) is 1.37. The summed E-state index contributed by atoms with van der Waals surface area (Å²) in [4.78, 5) is 11.9. The summed E-state index contributed by atoms with van der Waals surface area (Å²) in [5.74, 6) is 2.08. The van der Waals surface area contributed by atoms with E-state index in [-0.39, 0.29) is 5.78 Å². The van der Waals surface area contributed by atoms with Crippen molar-refractivity contribution < 1.29 is 23.7 Å². The van der Waals surface area contributed by atoms with Crippen LogP contribution in [0.5, 0.6) is 23.0 Å². The summed E-state index contributed by atoms with van der Waals surface area (Å²) < 4.78 is 21.7. The van der Waals surface area contributed by atoms with E-state index in [1.807, 2.05) is 0 Å². The van der Waals surface area contributed by atoms with Gasteiger partial charge in [0.1, 0.15) is 23.0 Å². The van der Waals surface area contributed by atoms with Gasteiger partial charge in [0.2, 0.25) is 0 Å².